The summed E-state index contributed by atoms with van der Waals surface area (Å²) < 4.78 is 16.3. The van der Waals surface area contributed by atoms with Crippen molar-refractivity contribution in [1.29, 1.82) is 0 Å². The summed E-state index contributed by atoms with van der Waals surface area (Å²) in [4.78, 5) is 8.81. The lowest BCUT2D eigenvalue weighted by Crippen LogP contribution is -2.41. The molecule has 0 rings (SSSR count). The Morgan fingerprint density at radius 1 is 1.50 bits per heavy atom. The Morgan fingerprint density at radius 2 is 2.00 bits per heavy atom. The van der Waals surface area contributed by atoms with Crippen LogP contribution in [0.1, 0.15) is 6.92 Å². The van der Waals surface area contributed by atoms with Gasteiger partial charge in [0.05, 0.1) is 20.6 Å². The minimum absolute atomic E-state index is 0.338. The molecule has 0 heterocycles. The van der Waals surface area contributed by atoms with E-state index in [0.29, 0.717) is 6.61 Å². The molecule has 0 radical (unpaired) electrons. The number of hydrogen-bond donors (Lipinski definition) is 1. The molecule has 0 spiro atoms. The van der Waals surface area contributed by atoms with Crippen molar-refractivity contribution in [1.82, 2.24) is 0 Å². The van der Waals surface area contributed by atoms with Crippen LogP contribution in [-0.4, -0.2) is 49.8 Å². The molecule has 1 atom stereocenters. The fourth-order valence-electron chi connectivity index (χ4n) is 0.615. The van der Waals surface area contributed by atoms with Gasteiger partial charge < -0.3 is 13.9 Å². The van der Waals surface area contributed by atoms with Crippen LogP contribution < -0.4 is 0 Å². The number of nitrogens with zero attached hydrogens (tertiary/aromatic N) is 1. The summed E-state index contributed by atoms with van der Waals surface area (Å²) in [6, 6.07) is 0. The van der Waals surface area contributed by atoms with Crippen LogP contribution in [0.15, 0.2) is 0 Å². The minimum atomic E-state index is -3.27. The molecule has 0 aliphatic carbocycles. The Hall–Kier alpha value is 0.110. The van der Waals surface area contributed by atoms with Crippen molar-refractivity contribution >= 4 is 7.60 Å². The molecule has 0 aliphatic rings. The van der Waals surface area contributed by atoms with Crippen molar-refractivity contribution in [3.8, 4) is 0 Å². The molecule has 0 saturated heterocycles. The van der Waals surface area contributed by atoms with E-state index in [-0.39, 0.29) is 0 Å². The predicted octanol–water partition coefficient (Wildman–Crippen LogP) is 0.914. The summed E-state index contributed by atoms with van der Waals surface area (Å²) in [6.45, 7) is 5.37. The molecule has 0 aromatic carbocycles. The van der Waals surface area contributed by atoms with E-state index in [9.17, 15) is 4.57 Å². The summed E-state index contributed by atoms with van der Waals surface area (Å²) in [5, 5.41) is 0. The van der Waals surface area contributed by atoms with E-state index >= 15 is 0 Å². The van der Waals surface area contributed by atoms with E-state index in [1.54, 1.807) is 0 Å². The molecule has 1 unspecified atom stereocenters. The predicted molar refractivity (Wildman–Crippen MR) is 49.2 cm³/mol. The van der Waals surface area contributed by atoms with E-state index in [1.807, 2.05) is 0 Å². The van der Waals surface area contributed by atoms with Crippen LogP contribution in [-0.2, 0) is 9.09 Å². The molecule has 74 valence electrons. The van der Waals surface area contributed by atoms with Gasteiger partial charge in [0.25, 0.3) is 0 Å². The quantitative estimate of drug-likeness (QED) is 0.525. The fraction of sp³-hybridized carbons (Fsp3) is 1.00. The summed E-state index contributed by atoms with van der Waals surface area (Å²) in [6.07, 6.45) is 0. The largest absolute Gasteiger partial charge is 0.327 e. The zero-order valence-corrected chi connectivity index (χ0v) is 9.17. The van der Waals surface area contributed by atoms with Crippen LogP contribution in [0.25, 0.3) is 0 Å². The van der Waals surface area contributed by atoms with Crippen LogP contribution in [0.2, 0.25) is 0 Å². The maximum atomic E-state index is 10.7. The van der Waals surface area contributed by atoms with Gasteiger partial charge in [-0.05, 0) is 6.92 Å². The number of hydrogen-bond acceptors (Lipinski definition) is 2. The normalized spacial score (nSPS) is 17.4. The van der Waals surface area contributed by atoms with Gasteiger partial charge in [-0.3, -0.25) is 4.57 Å². The summed E-state index contributed by atoms with van der Waals surface area (Å²) in [5.41, 5.74) is 0. The first-order valence-corrected chi connectivity index (χ1v) is 6.06. The first kappa shape index (κ1) is 12.1. The van der Waals surface area contributed by atoms with Crippen molar-refractivity contribution in [3.63, 3.8) is 0 Å². The molecular weight excluding hydrogens is 177 g/mol. The molecule has 1 N–H and O–H groups in total. The Balaban J connectivity index is 3.64. The molecule has 12 heavy (non-hydrogen) atoms. The Kier molecular flexibility index (Phi) is 4.42. The Bertz CT molecular complexity index is 175. The second kappa shape index (κ2) is 4.38. The highest BCUT2D eigenvalue weighted by Gasteiger charge is 2.15. The third-order valence-electron chi connectivity index (χ3n) is 1.88. The first-order valence-electron chi connectivity index (χ1n) is 4.04. The zero-order chi connectivity index (χ0) is 9.83. The van der Waals surface area contributed by atoms with E-state index in [4.69, 9.17) is 9.42 Å². The molecule has 0 saturated carbocycles. The number of quaternary nitrogens is 1. The van der Waals surface area contributed by atoms with E-state index in [1.165, 1.54) is 6.66 Å². The summed E-state index contributed by atoms with van der Waals surface area (Å²) in [7, 11) is 0.841. The standard InChI is InChI=1S/C7H18NO3P/c1-5-8(2,3)6-7-11-12(4,9)10/h5-7H2,1-4H3/p+1. The first-order chi connectivity index (χ1) is 5.27. The average Bonchev–Trinajstić information content (AvgIpc) is 1.84. The molecule has 0 aromatic rings. The van der Waals surface area contributed by atoms with Crippen LogP contribution in [0.5, 0.6) is 0 Å². The summed E-state index contributed by atoms with van der Waals surface area (Å²) >= 11 is 0. The van der Waals surface area contributed by atoms with Gasteiger partial charge in [-0.1, -0.05) is 0 Å². The van der Waals surface area contributed by atoms with Crippen LogP contribution in [0.4, 0.5) is 0 Å². The molecule has 0 aliphatic heterocycles. The van der Waals surface area contributed by atoms with Crippen molar-refractivity contribution in [2.45, 2.75) is 6.92 Å². The SMILES string of the molecule is CC[N+](C)(C)CCOP(C)(=O)O. The van der Waals surface area contributed by atoms with Crippen molar-refractivity contribution < 1.29 is 18.5 Å². The lowest BCUT2D eigenvalue weighted by molar-refractivity contribution is -0.888. The topological polar surface area (TPSA) is 46.5 Å². The molecular formula is C7H19NO3P+. The smallest absolute Gasteiger partial charge is 0.325 e. The van der Waals surface area contributed by atoms with Gasteiger partial charge in [-0.2, -0.15) is 0 Å². The minimum Gasteiger partial charge on any atom is -0.327 e. The molecule has 0 amide bonds. The molecule has 0 fully saturated rings. The fourth-order valence-corrected chi connectivity index (χ4v) is 1.04. The van der Waals surface area contributed by atoms with Crippen LogP contribution in [0.3, 0.4) is 0 Å². The number of likely N-dealkylation sites (N-methyl/N-ethyl adjacent to an activating group) is 1. The Labute approximate surface area is 74.3 Å². The van der Waals surface area contributed by atoms with Crippen LogP contribution in [0, 0.1) is 0 Å². The molecule has 0 bridgehead atoms. The van der Waals surface area contributed by atoms with Gasteiger partial charge in [0.15, 0.2) is 0 Å². The van der Waals surface area contributed by atoms with Gasteiger partial charge >= 0.3 is 7.60 Å². The highest BCUT2D eigenvalue weighted by molar-refractivity contribution is 7.51. The van der Waals surface area contributed by atoms with Crippen LogP contribution >= 0.6 is 7.60 Å². The number of rotatable bonds is 5. The highest BCUT2D eigenvalue weighted by atomic mass is 31.2. The van der Waals surface area contributed by atoms with Crippen molar-refractivity contribution in [3.05, 3.63) is 0 Å². The van der Waals surface area contributed by atoms with Gasteiger partial charge in [-0.15, -0.1) is 0 Å². The van der Waals surface area contributed by atoms with Gasteiger partial charge in [-0.25, -0.2) is 0 Å². The summed E-state index contributed by atoms with van der Waals surface area (Å²) in [5.74, 6) is 0. The van der Waals surface area contributed by atoms with Crippen molar-refractivity contribution in [2.75, 3.05) is 40.5 Å². The van der Waals surface area contributed by atoms with E-state index < -0.39 is 7.60 Å². The lowest BCUT2D eigenvalue weighted by Gasteiger charge is -2.27. The van der Waals surface area contributed by atoms with E-state index in [0.717, 1.165) is 17.6 Å². The molecule has 5 heteroatoms. The third kappa shape index (κ3) is 6.80. The van der Waals surface area contributed by atoms with E-state index in [2.05, 4.69) is 21.0 Å². The highest BCUT2D eigenvalue weighted by Crippen LogP contribution is 2.36. The Morgan fingerprint density at radius 3 is 2.33 bits per heavy atom. The maximum absolute atomic E-state index is 10.7. The maximum Gasteiger partial charge on any atom is 0.325 e. The monoisotopic (exact) mass is 196 g/mol. The van der Waals surface area contributed by atoms with Gasteiger partial charge in [0.2, 0.25) is 0 Å². The van der Waals surface area contributed by atoms with Gasteiger partial charge in [0.1, 0.15) is 13.2 Å². The average molecular weight is 196 g/mol. The third-order valence-corrected chi connectivity index (χ3v) is 2.55. The molecule has 4 nitrogen and oxygen atoms in total. The lowest BCUT2D eigenvalue weighted by atomic mass is 10.4. The van der Waals surface area contributed by atoms with Gasteiger partial charge in [0, 0.05) is 6.66 Å². The second-order valence-electron chi connectivity index (χ2n) is 3.61. The zero-order valence-electron chi connectivity index (χ0n) is 8.28. The van der Waals surface area contributed by atoms with Crippen molar-refractivity contribution in [2.24, 2.45) is 0 Å². The molecule has 0 aromatic heterocycles. The second-order valence-corrected chi connectivity index (χ2v) is 5.48.